The van der Waals surface area contributed by atoms with Gasteiger partial charge in [-0.05, 0) is 49.4 Å². The molecule has 0 aliphatic carbocycles. The van der Waals surface area contributed by atoms with Gasteiger partial charge in [0.25, 0.3) is 10.0 Å². The van der Waals surface area contributed by atoms with Crippen molar-refractivity contribution in [3.63, 3.8) is 0 Å². The van der Waals surface area contributed by atoms with Crippen LogP contribution in [0.25, 0.3) is 0 Å². The van der Waals surface area contributed by atoms with Gasteiger partial charge < -0.3 is 5.32 Å². The number of carbonyl (C=O) groups is 2. The van der Waals surface area contributed by atoms with Crippen molar-refractivity contribution in [3.05, 3.63) is 90.0 Å². The Morgan fingerprint density at radius 2 is 1.58 bits per heavy atom. The molecule has 172 valence electrons. The van der Waals surface area contributed by atoms with E-state index in [0.29, 0.717) is 15.9 Å². The molecule has 0 saturated carbocycles. The predicted octanol–water partition coefficient (Wildman–Crippen LogP) is 4.74. The number of sulfonamides is 1. The van der Waals surface area contributed by atoms with Gasteiger partial charge in [0, 0.05) is 11.3 Å². The molecule has 10 heteroatoms. The van der Waals surface area contributed by atoms with Crippen LogP contribution in [0.3, 0.4) is 0 Å². The van der Waals surface area contributed by atoms with Crippen LogP contribution < -0.4 is 9.62 Å². The molecule has 1 N–H and O–H groups in total. The molecular weight excluding hydrogens is 457 g/mol. The summed E-state index contributed by atoms with van der Waals surface area (Å²) in [5.41, 5.74) is -0.794. The van der Waals surface area contributed by atoms with Gasteiger partial charge in [0.05, 0.1) is 16.1 Å². The van der Waals surface area contributed by atoms with Crippen molar-refractivity contribution in [2.75, 3.05) is 16.2 Å². The lowest BCUT2D eigenvalue weighted by atomic mass is 10.1. The molecule has 0 aromatic heterocycles. The number of hydrogen-bond donors (Lipinski definition) is 1. The molecule has 1 amide bonds. The zero-order chi connectivity index (χ0) is 24.2. The summed E-state index contributed by atoms with van der Waals surface area (Å²) in [4.78, 5) is 24.1. The van der Waals surface area contributed by atoms with E-state index in [9.17, 15) is 31.2 Å². The predicted molar refractivity (Wildman–Crippen MR) is 117 cm³/mol. The number of carbonyl (C=O) groups excluding carboxylic acids is 2. The summed E-state index contributed by atoms with van der Waals surface area (Å²) in [6.45, 7) is 0.561. The van der Waals surface area contributed by atoms with Crippen LogP contribution in [-0.4, -0.2) is 26.7 Å². The Morgan fingerprint density at radius 1 is 0.909 bits per heavy atom. The SMILES string of the molecule is CC(=O)c1cccc(NC(=O)CN(c2cccc(C(F)(F)F)c2)S(=O)(=O)c2ccccc2)c1. The zero-order valence-corrected chi connectivity index (χ0v) is 18.2. The monoisotopic (exact) mass is 476 g/mol. The second kappa shape index (κ2) is 9.45. The van der Waals surface area contributed by atoms with Crippen molar-refractivity contribution in [2.45, 2.75) is 18.0 Å². The lowest BCUT2D eigenvalue weighted by molar-refractivity contribution is -0.137. The van der Waals surface area contributed by atoms with Crippen LogP contribution in [-0.2, 0) is 21.0 Å². The summed E-state index contributed by atoms with van der Waals surface area (Å²) >= 11 is 0. The largest absolute Gasteiger partial charge is 0.416 e. The first kappa shape index (κ1) is 24.0. The lowest BCUT2D eigenvalue weighted by Crippen LogP contribution is -2.38. The lowest BCUT2D eigenvalue weighted by Gasteiger charge is -2.25. The summed E-state index contributed by atoms with van der Waals surface area (Å²) < 4.78 is 66.8. The topological polar surface area (TPSA) is 83.6 Å². The quantitative estimate of drug-likeness (QED) is 0.499. The summed E-state index contributed by atoms with van der Waals surface area (Å²) in [7, 11) is -4.37. The molecule has 6 nitrogen and oxygen atoms in total. The van der Waals surface area contributed by atoms with Gasteiger partial charge in [-0.25, -0.2) is 8.42 Å². The smallest absolute Gasteiger partial charge is 0.324 e. The molecule has 3 aromatic rings. The Morgan fingerprint density at radius 3 is 2.21 bits per heavy atom. The number of nitrogens with zero attached hydrogens (tertiary/aromatic N) is 1. The third kappa shape index (κ3) is 5.78. The summed E-state index contributed by atoms with van der Waals surface area (Å²) in [6, 6.07) is 16.8. The van der Waals surface area contributed by atoms with Crippen molar-refractivity contribution in [1.82, 2.24) is 0 Å². The number of amides is 1. The molecule has 33 heavy (non-hydrogen) atoms. The molecule has 0 atom stereocenters. The van der Waals surface area contributed by atoms with E-state index in [-0.39, 0.29) is 22.1 Å². The van der Waals surface area contributed by atoms with E-state index >= 15 is 0 Å². The summed E-state index contributed by atoms with van der Waals surface area (Å²) in [6.07, 6.45) is -4.70. The van der Waals surface area contributed by atoms with Gasteiger partial charge in [-0.1, -0.05) is 36.4 Å². The third-order valence-corrected chi connectivity index (χ3v) is 6.42. The standard InChI is InChI=1S/C23H19F3N2O4S/c1-16(29)17-7-5-9-19(13-17)27-22(30)15-28(33(31,32)21-11-3-2-4-12-21)20-10-6-8-18(14-20)23(24,25)26/h2-14H,15H2,1H3,(H,27,30). The van der Waals surface area contributed by atoms with Gasteiger partial charge in [0.15, 0.2) is 5.78 Å². The van der Waals surface area contributed by atoms with Crippen LogP contribution in [0, 0.1) is 0 Å². The van der Waals surface area contributed by atoms with E-state index in [1.165, 1.54) is 55.5 Å². The molecule has 0 saturated heterocycles. The van der Waals surface area contributed by atoms with Crippen LogP contribution >= 0.6 is 0 Å². The number of Topliss-reactive ketones (excluding diaryl/α,β-unsaturated/α-hetero) is 1. The average molecular weight is 476 g/mol. The molecular formula is C23H19F3N2O4S. The Hall–Kier alpha value is -3.66. The number of nitrogens with one attached hydrogen (secondary N) is 1. The number of halogens is 3. The number of ketones is 1. The minimum Gasteiger partial charge on any atom is -0.324 e. The Kier molecular flexibility index (Phi) is 6.87. The Labute approximate surface area is 188 Å². The molecule has 0 aliphatic rings. The van der Waals surface area contributed by atoms with Gasteiger partial charge in [-0.2, -0.15) is 13.2 Å². The van der Waals surface area contributed by atoms with Crippen molar-refractivity contribution in [2.24, 2.45) is 0 Å². The van der Waals surface area contributed by atoms with Gasteiger partial charge in [-0.3, -0.25) is 13.9 Å². The molecule has 0 bridgehead atoms. The zero-order valence-electron chi connectivity index (χ0n) is 17.3. The molecule has 0 radical (unpaired) electrons. The second-order valence-corrected chi connectivity index (χ2v) is 8.92. The van der Waals surface area contributed by atoms with Gasteiger partial charge >= 0.3 is 6.18 Å². The number of hydrogen-bond acceptors (Lipinski definition) is 4. The normalized spacial score (nSPS) is 11.6. The van der Waals surface area contributed by atoms with Gasteiger partial charge in [-0.15, -0.1) is 0 Å². The van der Waals surface area contributed by atoms with Crippen molar-refractivity contribution in [3.8, 4) is 0 Å². The first-order valence-electron chi connectivity index (χ1n) is 9.64. The fourth-order valence-electron chi connectivity index (χ4n) is 3.02. The van der Waals surface area contributed by atoms with Crippen LogP contribution in [0.4, 0.5) is 24.5 Å². The summed E-state index contributed by atoms with van der Waals surface area (Å²) in [5, 5.41) is 2.49. The number of anilines is 2. The van der Waals surface area contributed by atoms with Crippen molar-refractivity contribution in [1.29, 1.82) is 0 Å². The van der Waals surface area contributed by atoms with Crippen LogP contribution in [0.2, 0.25) is 0 Å². The molecule has 0 heterocycles. The summed E-state index contributed by atoms with van der Waals surface area (Å²) in [5.74, 6) is -1.03. The fourth-order valence-corrected chi connectivity index (χ4v) is 4.45. The van der Waals surface area contributed by atoms with E-state index in [1.54, 1.807) is 12.1 Å². The van der Waals surface area contributed by atoms with Crippen molar-refractivity contribution < 1.29 is 31.2 Å². The van der Waals surface area contributed by atoms with E-state index in [2.05, 4.69) is 5.32 Å². The molecule has 0 fully saturated rings. The van der Waals surface area contributed by atoms with Gasteiger partial charge in [0.2, 0.25) is 5.91 Å². The van der Waals surface area contributed by atoms with Crippen LogP contribution in [0.15, 0.2) is 83.8 Å². The van der Waals surface area contributed by atoms with E-state index < -0.39 is 34.2 Å². The fraction of sp³-hybridized carbons (Fsp3) is 0.130. The average Bonchev–Trinajstić information content (AvgIpc) is 2.77. The maximum absolute atomic E-state index is 13.2. The highest BCUT2D eigenvalue weighted by Gasteiger charge is 2.33. The van der Waals surface area contributed by atoms with E-state index in [1.807, 2.05) is 0 Å². The highest BCUT2D eigenvalue weighted by molar-refractivity contribution is 7.92. The van der Waals surface area contributed by atoms with Crippen LogP contribution in [0.5, 0.6) is 0 Å². The maximum Gasteiger partial charge on any atom is 0.416 e. The van der Waals surface area contributed by atoms with E-state index in [0.717, 1.165) is 12.1 Å². The maximum atomic E-state index is 13.2. The first-order valence-corrected chi connectivity index (χ1v) is 11.1. The number of alkyl halides is 3. The third-order valence-electron chi connectivity index (χ3n) is 4.63. The molecule has 0 unspecified atom stereocenters. The van der Waals surface area contributed by atoms with Gasteiger partial charge in [0.1, 0.15) is 6.54 Å². The number of rotatable bonds is 7. The Bertz CT molecular complexity index is 1280. The molecule has 3 aromatic carbocycles. The first-order chi connectivity index (χ1) is 15.5. The Balaban J connectivity index is 1.98. The van der Waals surface area contributed by atoms with E-state index in [4.69, 9.17) is 0 Å². The molecule has 0 aliphatic heterocycles. The number of benzene rings is 3. The highest BCUT2D eigenvalue weighted by atomic mass is 32.2. The molecule has 3 rings (SSSR count). The van der Waals surface area contributed by atoms with Crippen LogP contribution in [0.1, 0.15) is 22.8 Å². The second-order valence-electron chi connectivity index (χ2n) is 7.06. The van der Waals surface area contributed by atoms with Crippen molar-refractivity contribution >= 4 is 33.1 Å². The molecule has 0 spiro atoms. The minimum absolute atomic E-state index is 0.186. The minimum atomic E-state index is -4.70. The highest BCUT2D eigenvalue weighted by Crippen LogP contribution is 2.33.